The molecule has 3 heterocycles. The Hall–Kier alpha value is -2.23. The number of nitrogens with one attached hydrogen (secondary N) is 1. The van der Waals surface area contributed by atoms with Crippen LogP contribution in [-0.4, -0.2) is 61.9 Å². The van der Waals surface area contributed by atoms with Gasteiger partial charge in [0, 0.05) is 32.2 Å². The number of hydrogen-bond donors (Lipinski definition) is 1. The number of fused-ring (bicyclic) bond motifs is 1. The molecule has 1 N–H and O–H groups in total. The average Bonchev–Trinajstić information content (AvgIpc) is 2.78. The number of ether oxygens (including phenoxy) is 1. The zero-order valence-electron chi connectivity index (χ0n) is 17.8. The van der Waals surface area contributed by atoms with Gasteiger partial charge in [0.1, 0.15) is 17.4 Å². The monoisotopic (exact) mass is 431 g/mol. The molecule has 9 heteroatoms. The number of nitrogens with zero attached hydrogens (tertiary/aromatic N) is 4. The Morgan fingerprint density at radius 1 is 1.13 bits per heavy atom. The molecule has 0 aliphatic carbocycles. The van der Waals surface area contributed by atoms with Crippen molar-refractivity contribution in [2.75, 3.05) is 39.6 Å². The molecule has 1 unspecified atom stereocenters. The van der Waals surface area contributed by atoms with Gasteiger partial charge in [0.05, 0.1) is 23.7 Å². The summed E-state index contributed by atoms with van der Waals surface area (Å²) in [6.45, 7) is 2.18. The molecule has 0 saturated carbocycles. The van der Waals surface area contributed by atoms with E-state index in [1.54, 1.807) is 35.7 Å². The van der Waals surface area contributed by atoms with Crippen molar-refractivity contribution < 1.29 is 13.2 Å². The lowest BCUT2D eigenvalue weighted by molar-refractivity contribution is 0.244. The van der Waals surface area contributed by atoms with Crippen molar-refractivity contribution in [1.82, 2.24) is 19.2 Å². The van der Waals surface area contributed by atoms with Crippen LogP contribution in [0, 0.1) is 0 Å². The van der Waals surface area contributed by atoms with Gasteiger partial charge in [-0.3, -0.25) is 0 Å². The van der Waals surface area contributed by atoms with Crippen LogP contribution in [0.25, 0.3) is 0 Å². The molecule has 1 aromatic heterocycles. The summed E-state index contributed by atoms with van der Waals surface area (Å²) in [5.41, 5.74) is 2.13. The number of hydrogen-bond acceptors (Lipinski definition) is 7. The van der Waals surface area contributed by atoms with E-state index in [4.69, 9.17) is 14.7 Å². The molecule has 1 fully saturated rings. The van der Waals surface area contributed by atoms with Crippen LogP contribution in [-0.2, 0) is 23.0 Å². The molecule has 0 spiro atoms. The summed E-state index contributed by atoms with van der Waals surface area (Å²) in [5, 5.41) is 3.20. The van der Waals surface area contributed by atoms with Crippen molar-refractivity contribution in [3.8, 4) is 5.75 Å². The van der Waals surface area contributed by atoms with E-state index in [2.05, 4.69) is 17.3 Å². The van der Waals surface area contributed by atoms with Gasteiger partial charge >= 0.3 is 0 Å². The number of anilines is 1. The van der Waals surface area contributed by atoms with E-state index < -0.39 is 10.0 Å². The Bertz CT molecular complexity index is 1010. The summed E-state index contributed by atoms with van der Waals surface area (Å²) in [4.78, 5) is 12.1. The molecular formula is C21H29N5O3S. The summed E-state index contributed by atoms with van der Waals surface area (Å²) in [7, 11) is 1.83. The van der Waals surface area contributed by atoms with E-state index >= 15 is 0 Å². The molecule has 1 atom stereocenters. The number of methoxy groups -OCH3 is 1. The molecule has 0 amide bonds. The van der Waals surface area contributed by atoms with Gasteiger partial charge in [-0.05, 0) is 50.6 Å². The van der Waals surface area contributed by atoms with Gasteiger partial charge in [-0.2, -0.15) is 4.31 Å². The Morgan fingerprint density at radius 2 is 1.90 bits per heavy atom. The van der Waals surface area contributed by atoms with Crippen molar-refractivity contribution in [2.24, 2.45) is 0 Å². The number of rotatable bonds is 5. The van der Waals surface area contributed by atoms with E-state index in [1.165, 1.54) is 0 Å². The van der Waals surface area contributed by atoms with Gasteiger partial charge in [-0.15, -0.1) is 0 Å². The second-order valence-electron chi connectivity index (χ2n) is 7.90. The normalized spacial score (nSPS) is 20.6. The first-order valence-electron chi connectivity index (χ1n) is 10.4. The fraction of sp³-hybridized carbons (Fsp3) is 0.524. The maximum absolute atomic E-state index is 13.5. The number of likely N-dealkylation sites (N-methyl/N-ethyl adjacent to an activating group) is 1. The minimum absolute atomic E-state index is 0.265. The minimum atomic E-state index is -3.67. The third kappa shape index (κ3) is 3.89. The Kier molecular flexibility index (Phi) is 5.95. The highest BCUT2D eigenvalue weighted by molar-refractivity contribution is 7.89. The highest BCUT2D eigenvalue weighted by Crippen LogP contribution is 2.36. The lowest BCUT2D eigenvalue weighted by Gasteiger charge is -2.35. The van der Waals surface area contributed by atoms with Gasteiger partial charge in [0.2, 0.25) is 10.0 Å². The minimum Gasteiger partial charge on any atom is -0.497 e. The molecule has 8 nitrogen and oxygen atoms in total. The average molecular weight is 432 g/mol. The lowest BCUT2D eigenvalue weighted by Crippen LogP contribution is -2.40. The Morgan fingerprint density at radius 3 is 2.60 bits per heavy atom. The maximum atomic E-state index is 13.5. The van der Waals surface area contributed by atoms with Crippen molar-refractivity contribution in [2.45, 2.75) is 43.2 Å². The SMILES string of the molecule is CNc1nc(C2CCCCN2S(=O)(=O)c2ccc(OC)cc2)nc2c1CCN(C)C2. The molecule has 4 rings (SSSR count). The van der Waals surface area contributed by atoms with Crippen molar-refractivity contribution in [3.05, 3.63) is 41.3 Å². The molecule has 30 heavy (non-hydrogen) atoms. The van der Waals surface area contributed by atoms with Crippen LogP contribution < -0.4 is 10.1 Å². The predicted molar refractivity (Wildman–Crippen MR) is 115 cm³/mol. The quantitative estimate of drug-likeness (QED) is 0.778. The van der Waals surface area contributed by atoms with Crippen LogP contribution in [0.5, 0.6) is 5.75 Å². The van der Waals surface area contributed by atoms with Crippen LogP contribution in [0.3, 0.4) is 0 Å². The molecule has 2 aromatic rings. The molecule has 1 aromatic carbocycles. The first kappa shape index (κ1) is 21.0. The highest BCUT2D eigenvalue weighted by Gasteiger charge is 2.37. The van der Waals surface area contributed by atoms with Gasteiger partial charge < -0.3 is 15.0 Å². The second kappa shape index (κ2) is 8.49. The zero-order chi connectivity index (χ0) is 21.3. The number of piperidine rings is 1. The van der Waals surface area contributed by atoms with Crippen molar-refractivity contribution >= 4 is 15.8 Å². The van der Waals surface area contributed by atoms with Crippen LogP contribution in [0.2, 0.25) is 0 Å². The third-order valence-corrected chi connectivity index (χ3v) is 7.85. The Labute approximate surface area is 178 Å². The summed E-state index contributed by atoms with van der Waals surface area (Å²) < 4.78 is 33.7. The first-order valence-corrected chi connectivity index (χ1v) is 11.8. The van der Waals surface area contributed by atoms with E-state index in [9.17, 15) is 8.42 Å². The largest absolute Gasteiger partial charge is 0.497 e. The maximum Gasteiger partial charge on any atom is 0.243 e. The number of benzene rings is 1. The topological polar surface area (TPSA) is 87.7 Å². The fourth-order valence-electron chi connectivity index (χ4n) is 4.27. The van der Waals surface area contributed by atoms with Gasteiger partial charge in [0.25, 0.3) is 0 Å². The molecule has 1 saturated heterocycles. The predicted octanol–water partition coefficient (Wildman–Crippen LogP) is 2.43. The van der Waals surface area contributed by atoms with E-state index in [1.807, 2.05) is 7.05 Å². The summed E-state index contributed by atoms with van der Waals surface area (Å²) >= 11 is 0. The smallest absolute Gasteiger partial charge is 0.243 e. The molecular weight excluding hydrogens is 402 g/mol. The number of sulfonamides is 1. The second-order valence-corrected chi connectivity index (χ2v) is 9.79. The third-order valence-electron chi connectivity index (χ3n) is 5.93. The Balaban J connectivity index is 1.72. The standard InChI is InChI=1S/C21H29N5O3S/c1-22-20-17-11-13-25(2)14-18(17)23-21(24-20)19-6-4-5-12-26(19)30(27,28)16-9-7-15(29-3)8-10-16/h7-10,19H,4-6,11-14H2,1-3H3,(H,22,23,24). The fourth-order valence-corrected chi connectivity index (χ4v) is 5.92. The summed E-state index contributed by atoms with van der Waals surface area (Å²) in [6, 6.07) is 6.19. The molecule has 2 aliphatic heterocycles. The van der Waals surface area contributed by atoms with Crippen LogP contribution in [0.4, 0.5) is 5.82 Å². The van der Waals surface area contributed by atoms with Crippen LogP contribution in [0.15, 0.2) is 29.2 Å². The van der Waals surface area contributed by atoms with Gasteiger partial charge in [-0.1, -0.05) is 6.42 Å². The van der Waals surface area contributed by atoms with E-state index in [0.717, 1.165) is 49.4 Å². The molecule has 162 valence electrons. The van der Waals surface area contributed by atoms with Crippen molar-refractivity contribution in [3.63, 3.8) is 0 Å². The summed E-state index contributed by atoms with van der Waals surface area (Å²) in [5.74, 6) is 2.03. The number of aromatic nitrogens is 2. The van der Waals surface area contributed by atoms with Gasteiger partial charge in [-0.25, -0.2) is 18.4 Å². The summed E-state index contributed by atoms with van der Waals surface area (Å²) in [6.07, 6.45) is 3.39. The first-order chi connectivity index (χ1) is 14.4. The van der Waals surface area contributed by atoms with E-state index in [0.29, 0.717) is 24.5 Å². The highest BCUT2D eigenvalue weighted by atomic mass is 32.2. The van der Waals surface area contributed by atoms with Crippen molar-refractivity contribution in [1.29, 1.82) is 0 Å². The van der Waals surface area contributed by atoms with Gasteiger partial charge in [0.15, 0.2) is 0 Å². The van der Waals surface area contributed by atoms with Crippen LogP contribution in [0.1, 0.15) is 42.4 Å². The van der Waals surface area contributed by atoms with E-state index in [-0.39, 0.29) is 10.9 Å². The molecule has 2 aliphatic rings. The lowest BCUT2D eigenvalue weighted by atomic mass is 10.0. The molecule has 0 bridgehead atoms. The van der Waals surface area contributed by atoms with Crippen LogP contribution >= 0.6 is 0 Å². The molecule has 0 radical (unpaired) electrons. The zero-order valence-corrected chi connectivity index (χ0v) is 18.6.